The molecule has 5 nitrogen and oxygen atoms in total. The summed E-state index contributed by atoms with van der Waals surface area (Å²) < 4.78 is 5.09. The van der Waals surface area contributed by atoms with E-state index in [4.69, 9.17) is 9.84 Å². The van der Waals surface area contributed by atoms with Crippen LogP contribution in [0.1, 0.15) is 78.1 Å². The summed E-state index contributed by atoms with van der Waals surface area (Å²) in [7, 11) is 0. The zero-order chi connectivity index (χ0) is 16.6. The number of carbonyl (C=O) groups excluding carboxylic acids is 1. The van der Waals surface area contributed by atoms with Gasteiger partial charge in [-0.05, 0) is 58.8 Å². The molecule has 1 fully saturated rings. The van der Waals surface area contributed by atoms with Gasteiger partial charge in [-0.2, -0.15) is 0 Å². The highest BCUT2D eigenvalue weighted by Gasteiger charge is 2.44. The van der Waals surface area contributed by atoms with Crippen LogP contribution < -0.4 is 0 Å². The molecule has 0 aliphatic heterocycles. The lowest BCUT2D eigenvalue weighted by atomic mass is 9.87. The Hall–Kier alpha value is -1.10. The van der Waals surface area contributed by atoms with Gasteiger partial charge in [0.05, 0.1) is 11.5 Å². The van der Waals surface area contributed by atoms with Gasteiger partial charge in [0, 0.05) is 0 Å². The third-order valence-corrected chi connectivity index (χ3v) is 4.69. The smallest absolute Gasteiger partial charge is 0.309 e. The molecule has 0 amide bonds. The average Bonchev–Trinajstić information content (AvgIpc) is 3.20. The van der Waals surface area contributed by atoms with E-state index >= 15 is 0 Å². The number of rotatable bonds is 13. The Morgan fingerprint density at radius 1 is 1.23 bits per heavy atom. The Labute approximate surface area is 133 Å². The van der Waals surface area contributed by atoms with Gasteiger partial charge in [-0.3, -0.25) is 9.59 Å². The zero-order valence-corrected chi connectivity index (χ0v) is 13.8. The molecule has 128 valence electrons. The molecule has 0 heterocycles. The first-order valence-corrected chi connectivity index (χ1v) is 8.34. The quantitative estimate of drug-likeness (QED) is 0.402. The second-order valence-corrected chi connectivity index (χ2v) is 7.23. The van der Waals surface area contributed by atoms with Crippen molar-refractivity contribution in [3.8, 4) is 0 Å². The SMILES string of the molecule is CC(C)(CCCCC(O)CCCCC1(OC=O)CC1)C(=O)O. The number of aliphatic hydroxyl groups is 1. The highest BCUT2D eigenvalue weighted by Crippen LogP contribution is 2.43. The Morgan fingerprint density at radius 3 is 2.32 bits per heavy atom. The molecule has 1 unspecified atom stereocenters. The van der Waals surface area contributed by atoms with Crippen LogP contribution in [0.2, 0.25) is 0 Å². The number of hydrogen-bond acceptors (Lipinski definition) is 4. The van der Waals surface area contributed by atoms with Crippen molar-refractivity contribution in [3.05, 3.63) is 0 Å². The van der Waals surface area contributed by atoms with Crippen LogP contribution in [0.25, 0.3) is 0 Å². The van der Waals surface area contributed by atoms with Crippen LogP contribution in [0, 0.1) is 5.41 Å². The molecule has 1 aliphatic carbocycles. The van der Waals surface area contributed by atoms with E-state index in [2.05, 4.69) is 0 Å². The fraction of sp³-hybridized carbons (Fsp3) is 0.882. The van der Waals surface area contributed by atoms with Crippen molar-refractivity contribution < 1.29 is 24.5 Å². The first kappa shape index (κ1) is 18.9. The molecule has 1 saturated carbocycles. The van der Waals surface area contributed by atoms with Gasteiger partial charge in [0.15, 0.2) is 0 Å². The monoisotopic (exact) mass is 314 g/mol. The Balaban J connectivity index is 2.01. The summed E-state index contributed by atoms with van der Waals surface area (Å²) in [6, 6.07) is 0. The van der Waals surface area contributed by atoms with Gasteiger partial charge in [0.1, 0.15) is 5.60 Å². The van der Waals surface area contributed by atoms with Crippen molar-refractivity contribution in [2.24, 2.45) is 5.41 Å². The Bertz CT molecular complexity index is 360. The van der Waals surface area contributed by atoms with Crippen LogP contribution in [0.5, 0.6) is 0 Å². The first-order valence-electron chi connectivity index (χ1n) is 8.34. The Morgan fingerprint density at radius 2 is 1.82 bits per heavy atom. The third-order valence-electron chi connectivity index (χ3n) is 4.69. The maximum absolute atomic E-state index is 11.0. The highest BCUT2D eigenvalue weighted by molar-refractivity contribution is 5.73. The first-order chi connectivity index (χ1) is 10.3. The number of aliphatic hydroxyl groups excluding tert-OH is 1. The van der Waals surface area contributed by atoms with E-state index in [1.54, 1.807) is 13.8 Å². The largest absolute Gasteiger partial charge is 0.481 e. The van der Waals surface area contributed by atoms with Gasteiger partial charge in [0.2, 0.25) is 0 Å². The van der Waals surface area contributed by atoms with Crippen molar-refractivity contribution in [2.45, 2.75) is 89.8 Å². The molecule has 1 rings (SSSR count). The van der Waals surface area contributed by atoms with Gasteiger partial charge in [-0.25, -0.2) is 0 Å². The van der Waals surface area contributed by atoms with Crippen LogP contribution in [0.3, 0.4) is 0 Å². The fourth-order valence-corrected chi connectivity index (χ4v) is 2.69. The second kappa shape index (κ2) is 8.51. The normalized spacial score (nSPS) is 17.8. The second-order valence-electron chi connectivity index (χ2n) is 7.23. The van der Waals surface area contributed by atoms with E-state index in [1.807, 2.05) is 0 Å². The van der Waals surface area contributed by atoms with E-state index in [1.165, 1.54) is 0 Å². The van der Waals surface area contributed by atoms with Gasteiger partial charge in [0.25, 0.3) is 6.47 Å². The van der Waals surface area contributed by atoms with Crippen molar-refractivity contribution >= 4 is 12.4 Å². The summed E-state index contributed by atoms with van der Waals surface area (Å²) in [6.45, 7) is 4.02. The summed E-state index contributed by atoms with van der Waals surface area (Å²) in [4.78, 5) is 21.3. The third kappa shape index (κ3) is 6.77. The summed E-state index contributed by atoms with van der Waals surface area (Å²) in [5, 5.41) is 19.0. The summed E-state index contributed by atoms with van der Waals surface area (Å²) in [5.74, 6) is -0.764. The van der Waals surface area contributed by atoms with E-state index in [-0.39, 0.29) is 11.7 Å². The predicted octanol–water partition coefficient (Wildman–Crippen LogP) is 3.28. The maximum atomic E-state index is 11.0. The predicted molar refractivity (Wildman–Crippen MR) is 83.5 cm³/mol. The molecule has 0 aromatic carbocycles. The van der Waals surface area contributed by atoms with Gasteiger partial charge < -0.3 is 14.9 Å². The number of carboxylic acids is 1. The van der Waals surface area contributed by atoms with Gasteiger partial charge in [-0.1, -0.05) is 19.3 Å². The Kier molecular flexibility index (Phi) is 7.33. The van der Waals surface area contributed by atoms with E-state index in [9.17, 15) is 14.7 Å². The number of ether oxygens (including phenoxy) is 1. The van der Waals surface area contributed by atoms with E-state index in [0.29, 0.717) is 12.9 Å². The van der Waals surface area contributed by atoms with Crippen molar-refractivity contribution in [3.63, 3.8) is 0 Å². The molecule has 1 aliphatic rings. The van der Waals surface area contributed by atoms with Crippen molar-refractivity contribution in [1.29, 1.82) is 0 Å². The van der Waals surface area contributed by atoms with Crippen LogP contribution in [0.15, 0.2) is 0 Å². The standard InChI is InChI=1S/C17H30O5/c1-16(2,15(20)21)9-5-3-7-14(19)8-4-6-10-17(11-12-17)22-13-18/h13-14,19H,3-12H2,1-2H3,(H,20,21). The summed E-state index contributed by atoms with van der Waals surface area (Å²) in [6.07, 6.45) is 8.24. The lowest BCUT2D eigenvalue weighted by molar-refractivity contribution is -0.147. The molecule has 0 bridgehead atoms. The van der Waals surface area contributed by atoms with Crippen LogP contribution in [0.4, 0.5) is 0 Å². The minimum absolute atomic E-state index is 0.185. The van der Waals surface area contributed by atoms with Crippen LogP contribution in [-0.4, -0.2) is 34.4 Å². The van der Waals surface area contributed by atoms with Crippen LogP contribution in [-0.2, 0) is 14.3 Å². The van der Waals surface area contributed by atoms with E-state index in [0.717, 1.165) is 57.8 Å². The number of hydrogen-bond donors (Lipinski definition) is 2. The van der Waals surface area contributed by atoms with Crippen molar-refractivity contribution in [1.82, 2.24) is 0 Å². The molecule has 0 saturated heterocycles. The topological polar surface area (TPSA) is 83.8 Å². The molecule has 0 radical (unpaired) electrons. The average molecular weight is 314 g/mol. The minimum atomic E-state index is -0.764. The molecule has 1 atom stereocenters. The molecule has 0 aromatic heterocycles. The van der Waals surface area contributed by atoms with Crippen LogP contribution >= 0.6 is 0 Å². The van der Waals surface area contributed by atoms with Crippen molar-refractivity contribution in [2.75, 3.05) is 0 Å². The molecule has 22 heavy (non-hydrogen) atoms. The molecule has 2 N–H and O–H groups in total. The van der Waals surface area contributed by atoms with Gasteiger partial charge >= 0.3 is 5.97 Å². The lowest BCUT2D eigenvalue weighted by Gasteiger charge is -2.19. The summed E-state index contributed by atoms with van der Waals surface area (Å²) >= 11 is 0. The molecule has 0 spiro atoms. The van der Waals surface area contributed by atoms with E-state index < -0.39 is 11.4 Å². The number of carboxylic acid groups (broad SMARTS) is 1. The maximum Gasteiger partial charge on any atom is 0.309 e. The van der Waals surface area contributed by atoms with Gasteiger partial charge in [-0.15, -0.1) is 0 Å². The highest BCUT2D eigenvalue weighted by atomic mass is 16.5. The number of unbranched alkanes of at least 4 members (excludes halogenated alkanes) is 2. The number of aliphatic carboxylic acids is 1. The molecular weight excluding hydrogens is 284 g/mol. The zero-order valence-electron chi connectivity index (χ0n) is 13.8. The number of carbonyl (C=O) groups is 2. The summed E-state index contributed by atoms with van der Waals surface area (Å²) in [5.41, 5.74) is -0.864. The molecule has 5 heteroatoms. The fourth-order valence-electron chi connectivity index (χ4n) is 2.69. The molecular formula is C17H30O5. The molecule has 0 aromatic rings. The minimum Gasteiger partial charge on any atom is -0.481 e. The lowest BCUT2D eigenvalue weighted by Crippen LogP contribution is -2.23.